The molecule has 2 aliphatic heterocycles. The highest BCUT2D eigenvalue weighted by atomic mass is 16.2. The van der Waals surface area contributed by atoms with Gasteiger partial charge < -0.3 is 4.90 Å². The lowest BCUT2D eigenvalue weighted by atomic mass is 10.0. The van der Waals surface area contributed by atoms with Crippen molar-refractivity contribution in [1.82, 2.24) is 25.0 Å². The summed E-state index contributed by atoms with van der Waals surface area (Å²) in [5, 5.41) is 10.3. The van der Waals surface area contributed by atoms with Crippen LogP contribution in [0, 0.1) is 0 Å². The number of hydrogen-bond donors (Lipinski definition) is 0. The van der Waals surface area contributed by atoms with Gasteiger partial charge in [-0.1, -0.05) is 12.1 Å². The highest BCUT2D eigenvalue weighted by Gasteiger charge is 2.38. The molecule has 0 saturated carbocycles. The third-order valence-electron chi connectivity index (χ3n) is 6.18. The minimum atomic E-state index is 0.182. The van der Waals surface area contributed by atoms with Crippen molar-refractivity contribution >= 4 is 16.7 Å². The van der Waals surface area contributed by atoms with Gasteiger partial charge in [0.2, 0.25) is 5.91 Å². The Morgan fingerprint density at radius 1 is 1.11 bits per heavy atom. The van der Waals surface area contributed by atoms with E-state index in [-0.39, 0.29) is 5.91 Å². The van der Waals surface area contributed by atoms with Crippen molar-refractivity contribution in [3.05, 3.63) is 54.5 Å². The first-order valence-corrected chi connectivity index (χ1v) is 9.84. The third-order valence-corrected chi connectivity index (χ3v) is 6.18. The van der Waals surface area contributed by atoms with Gasteiger partial charge in [-0.2, -0.15) is 10.2 Å². The van der Waals surface area contributed by atoms with Crippen LogP contribution in [0.2, 0.25) is 0 Å². The van der Waals surface area contributed by atoms with E-state index in [1.807, 2.05) is 41.4 Å². The van der Waals surface area contributed by atoms with Gasteiger partial charge in [0, 0.05) is 48.5 Å². The molecule has 2 unspecified atom stereocenters. The number of nitrogens with zero attached hydrogens (tertiary/aromatic N) is 5. The van der Waals surface area contributed by atoms with Crippen LogP contribution in [0.25, 0.3) is 22.0 Å². The number of benzene rings is 1. The molecule has 1 amide bonds. The van der Waals surface area contributed by atoms with E-state index in [0.717, 1.165) is 40.8 Å². The second-order valence-electron chi connectivity index (χ2n) is 7.87. The molecule has 0 radical (unpaired) electrons. The second-order valence-corrected chi connectivity index (χ2v) is 7.87. The Labute approximate surface area is 164 Å². The molecular formula is C22H23N5O. The lowest BCUT2D eigenvalue weighted by molar-refractivity contribution is -0.133. The molecule has 2 aromatic heterocycles. The van der Waals surface area contributed by atoms with Gasteiger partial charge in [-0.3, -0.25) is 14.7 Å². The fourth-order valence-electron chi connectivity index (χ4n) is 4.48. The molecule has 6 heteroatoms. The molecular weight excluding hydrogens is 350 g/mol. The summed E-state index contributed by atoms with van der Waals surface area (Å²) in [5.74, 6) is 0.182. The largest absolute Gasteiger partial charge is 0.339 e. The van der Waals surface area contributed by atoms with Crippen LogP contribution >= 0.6 is 0 Å². The van der Waals surface area contributed by atoms with E-state index in [0.29, 0.717) is 18.5 Å². The number of likely N-dealkylation sites (tertiary alicyclic amines) is 1. The Bertz CT molecular complexity index is 1010. The fourth-order valence-corrected chi connectivity index (χ4v) is 4.48. The van der Waals surface area contributed by atoms with Gasteiger partial charge in [0.15, 0.2) is 0 Å². The van der Waals surface area contributed by atoms with E-state index < -0.39 is 0 Å². The van der Waals surface area contributed by atoms with E-state index in [2.05, 4.69) is 33.2 Å². The predicted octanol–water partition coefficient (Wildman–Crippen LogP) is 2.54. The first-order valence-electron chi connectivity index (χ1n) is 9.84. The van der Waals surface area contributed by atoms with Crippen molar-refractivity contribution in [2.75, 3.05) is 20.1 Å². The molecule has 2 fully saturated rings. The summed E-state index contributed by atoms with van der Waals surface area (Å²) in [4.78, 5) is 21.9. The quantitative estimate of drug-likeness (QED) is 0.706. The van der Waals surface area contributed by atoms with Crippen LogP contribution in [0.15, 0.2) is 48.8 Å². The van der Waals surface area contributed by atoms with E-state index in [1.165, 1.54) is 12.8 Å². The van der Waals surface area contributed by atoms with Crippen molar-refractivity contribution < 1.29 is 4.79 Å². The zero-order chi connectivity index (χ0) is 19.1. The summed E-state index contributed by atoms with van der Waals surface area (Å²) in [7, 11) is 2.18. The van der Waals surface area contributed by atoms with Crippen LogP contribution in [0.5, 0.6) is 0 Å². The molecule has 0 spiro atoms. The van der Waals surface area contributed by atoms with Crippen molar-refractivity contribution in [3.63, 3.8) is 0 Å². The van der Waals surface area contributed by atoms with Gasteiger partial charge in [-0.25, -0.2) is 0 Å². The Hall–Kier alpha value is -2.86. The van der Waals surface area contributed by atoms with Crippen molar-refractivity contribution in [2.24, 2.45) is 0 Å². The highest BCUT2D eigenvalue weighted by Crippen LogP contribution is 2.29. The van der Waals surface area contributed by atoms with Gasteiger partial charge >= 0.3 is 0 Å². The van der Waals surface area contributed by atoms with E-state index in [1.54, 1.807) is 6.20 Å². The minimum absolute atomic E-state index is 0.182. The number of piperazine rings is 1. The topological polar surface area (TPSA) is 62.2 Å². The number of likely N-dealkylation sites (N-methyl/N-ethyl adjacent to an activating group) is 1. The number of amides is 1. The highest BCUT2D eigenvalue weighted by molar-refractivity contribution is 5.87. The summed E-state index contributed by atoms with van der Waals surface area (Å²) < 4.78 is 0. The average molecular weight is 373 g/mol. The third kappa shape index (κ3) is 3.14. The van der Waals surface area contributed by atoms with E-state index in [9.17, 15) is 4.79 Å². The number of hydrogen-bond acceptors (Lipinski definition) is 5. The van der Waals surface area contributed by atoms with Gasteiger partial charge in [-0.15, -0.1) is 0 Å². The molecule has 4 heterocycles. The van der Waals surface area contributed by atoms with Crippen LogP contribution in [0.3, 0.4) is 0 Å². The first kappa shape index (κ1) is 17.3. The molecule has 2 atom stereocenters. The molecule has 142 valence electrons. The Kier molecular flexibility index (Phi) is 4.28. The molecule has 1 aromatic carbocycles. The smallest absolute Gasteiger partial charge is 0.228 e. The predicted molar refractivity (Wildman–Crippen MR) is 108 cm³/mol. The van der Waals surface area contributed by atoms with Crippen LogP contribution in [0.4, 0.5) is 0 Å². The summed E-state index contributed by atoms with van der Waals surface area (Å²) >= 11 is 0. The number of carbonyl (C=O) groups excluding carboxylic acids is 1. The molecule has 6 nitrogen and oxygen atoms in total. The number of fused-ring (bicyclic) bond motifs is 3. The van der Waals surface area contributed by atoms with Crippen LogP contribution < -0.4 is 0 Å². The standard InChI is InChI=1S/C22H23N5O/c1-26-19-6-7-20(26)14-27(13-19)22(28)11-18-10-17-9-15(4-5-16(17)12-23-18)21-3-2-8-24-25-21/h2-5,8-10,12,19-20H,6-7,11,13-14H2,1H3. The Balaban J connectivity index is 1.36. The fraction of sp³-hybridized carbons (Fsp3) is 0.364. The van der Waals surface area contributed by atoms with Crippen molar-refractivity contribution in [1.29, 1.82) is 0 Å². The summed E-state index contributed by atoms with van der Waals surface area (Å²) in [5.41, 5.74) is 2.67. The lowest BCUT2D eigenvalue weighted by Gasteiger charge is -2.38. The monoisotopic (exact) mass is 373 g/mol. The Morgan fingerprint density at radius 3 is 2.68 bits per heavy atom. The minimum Gasteiger partial charge on any atom is -0.339 e. The summed E-state index contributed by atoms with van der Waals surface area (Å²) in [6, 6.07) is 13.0. The van der Waals surface area contributed by atoms with Gasteiger partial charge in [0.25, 0.3) is 0 Å². The summed E-state index contributed by atoms with van der Waals surface area (Å²) in [6.07, 6.45) is 6.28. The Morgan fingerprint density at radius 2 is 1.93 bits per heavy atom. The number of pyridine rings is 1. The van der Waals surface area contributed by atoms with E-state index >= 15 is 0 Å². The van der Waals surface area contributed by atoms with Crippen molar-refractivity contribution in [3.8, 4) is 11.3 Å². The number of rotatable bonds is 3. The second kappa shape index (κ2) is 6.95. The molecule has 2 bridgehead atoms. The molecule has 5 rings (SSSR count). The molecule has 2 saturated heterocycles. The maximum absolute atomic E-state index is 12.9. The molecule has 28 heavy (non-hydrogen) atoms. The lowest BCUT2D eigenvalue weighted by Crippen LogP contribution is -2.54. The summed E-state index contributed by atoms with van der Waals surface area (Å²) in [6.45, 7) is 1.69. The maximum atomic E-state index is 12.9. The zero-order valence-electron chi connectivity index (χ0n) is 16.0. The van der Waals surface area contributed by atoms with Gasteiger partial charge in [0.05, 0.1) is 17.8 Å². The molecule has 0 N–H and O–H groups in total. The van der Waals surface area contributed by atoms with E-state index in [4.69, 9.17) is 0 Å². The molecule has 0 aliphatic carbocycles. The van der Waals surface area contributed by atoms with Gasteiger partial charge in [0.1, 0.15) is 0 Å². The average Bonchev–Trinajstić information content (AvgIpc) is 2.93. The number of aromatic nitrogens is 3. The normalized spacial score (nSPS) is 22.0. The molecule has 2 aliphatic rings. The number of carbonyl (C=O) groups is 1. The zero-order valence-corrected chi connectivity index (χ0v) is 16.0. The van der Waals surface area contributed by atoms with Crippen LogP contribution in [0.1, 0.15) is 18.5 Å². The first-order chi connectivity index (χ1) is 13.7. The SMILES string of the molecule is CN1C2CCC1CN(C(=O)Cc1cc3cc(-c4cccnn4)ccc3cn1)C2. The van der Waals surface area contributed by atoms with Crippen molar-refractivity contribution in [2.45, 2.75) is 31.3 Å². The molecule has 3 aromatic rings. The van der Waals surface area contributed by atoms with Gasteiger partial charge in [-0.05, 0) is 49.5 Å². The van der Waals surface area contributed by atoms with Crippen LogP contribution in [-0.2, 0) is 11.2 Å². The maximum Gasteiger partial charge on any atom is 0.228 e. The van der Waals surface area contributed by atoms with Crippen LogP contribution in [-0.4, -0.2) is 63.1 Å².